The molecule has 0 spiro atoms. The largest absolute Gasteiger partial charge is 0.320 e. The molecule has 0 saturated heterocycles. The zero-order valence-corrected chi connectivity index (χ0v) is 12.9. The minimum absolute atomic E-state index is 0.0550. The van der Waals surface area contributed by atoms with Gasteiger partial charge in [0.15, 0.2) is 0 Å². The quantitative estimate of drug-likeness (QED) is 0.806. The van der Waals surface area contributed by atoms with Crippen molar-refractivity contribution in [3.05, 3.63) is 88.1 Å². The fraction of sp³-hybridized carbons (Fsp3) is 0.0556. The van der Waals surface area contributed by atoms with Crippen molar-refractivity contribution in [2.24, 2.45) is 0 Å². The van der Waals surface area contributed by atoms with E-state index >= 15 is 0 Å². The van der Waals surface area contributed by atoms with Crippen LogP contribution in [-0.2, 0) is 0 Å². The number of rotatable bonds is 3. The molecule has 6 heteroatoms. The molecule has 1 amide bonds. The molecule has 0 saturated carbocycles. The van der Waals surface area contributed by atoms with Crippen LogP contribution in [-0.4, -0.2) is 15.7 Å². The van der Waals surface area contributed by atoms with E-state index < -0.39 is 11.7 Å². The van der Waals surface area contributed by atoms with Crippen molar-refractivity contribution >= 4 is 11.6 Å². The van der Waals surface area contributed by atoms with E-state index in [2.05, 4.69) is 10.4 Å². The van der Waals surface area contributed by atoms with E-state index in [1.165, 1.54) is 18.2 Å². The topological polar surface area (TPSA) is 64.0 Å². The zero-order chi connectivity index (χ0) is 17.1. The summed E-state index contributed by atoms with van der Waals surface area (Å²) in [7, 11) is 0. The summed E-state index contributed by atoms with van der Waals surface area (Å²) in [6.07, 6.45) is 0. The van der Waals surface area contributed by atoms with Crippen molar-refractivity contribution in [3.8, 4) is 5.69 Å². The van der Waals surface area contributed by atoms with E-state index in [9.17, 15) is 14.0 Å². The first kappa shape index (κ1) is 15.6. The van der Waals surface area contributed by atoms with Crippen LogP contribution in [0.15, 0.2) is 65.5 Å². The lowest BCUT2D eigenvalue weighted by Gasteiger charge is -2.08. The summed E-state index contributed by atoms with van der Waals surface area (Å²) in [6, 6.07) is 15.8. The number of nitrogens with zero attached hydrogens (tertiary/aromatic N) is 2. The number of para-hydroxylation sites is 1. The number of halogens is 1. The van der Waals surface area contributed by atoms with Crippen molar-refractivity contribution in [1.82, 2.24) is 9.78 Å². The van der Waals surface area contributed by atoms with Crippen LogP contribution in [0.4, 0.5) is 10.1 Å². The molecule has 0 radical (unpaired) electrons. The number of anilines is 1. The molecule has 1 aromatic heterocycles. The van der Waals surface area contributed by atoms with Gasteiger partial charge in [-0.3, -0.25) is 9.59 Å². The van der Waals surface area contributed by atoms with E-state index in [0.29, 0.717) is 16.9 Å². The highest BCUT2D eigenvalue weighted by Gasteiger charge is 2.11. The third kappa shape index (κ3) is 3.22. The second kappa shape index (κ2) is 6.45. The van der Waals surface area contributed by atoms with Gasteiger partial charge in [-0.1, -0.05) is 24.3 Å². The van der Waals surface area contributed by atoms with Gasteiger partial charge in [0, 0.05) is 11.8 Å². The molecule has 0 aliphatic heterocycles. The lowest BCUT2D eigenvalue weighted by atomic mass is 10.2. The van der Waals surface area contributed by atoms with Gasteiger partial charge in [0.05, 0.1) is 5.69 Å². The fourth-order valence-corrected chi connectivity index (χ4v) is 2.15. The van der Waals surface area contributed by atoms with Crippen LogP contribution < -0.4 is 10.9 Å². The lowest BCUT2D eigenvalue weighted by Crippen LogP contribution is -2.24. The number of aryl methyl sites for hydroxylation is 1. The Morgan fingerprint density at radius 1 is 1.08 bits per heavy atom. The molecule has 0 aliphatic carbocycles. The summed E-state index contributed by atoms with van der Waals surface area (Å²) in [4.78, 5) is 24.2. The molecular weight excluding hydrogens is 309 g/mol. The highest BCUT2D eigenvalue weighted by Crippen LogP contribution is 2.14. The van der Waals surface area contributed by atoms with Gasteiger partial charge in [0.25, 0.3) is 11.5 Å². The van der Waals surface area contributed by atoms with Crippen LogP contribution in [0, 0.1) is 12.7 Å². The first-order valence-corrected chi connectivity index (χ1v) is 7.28. The molecule has 2 aromatic carbocycles. The summed E-state index contributed by atoms with van der Waals surface area (Å²) in [5, 5.41) is 6.64. The normalized spacial score (nSPS) is 10.4. The number of amides is 1. The molecule has 0 atom stereocenters. The van der Waals surface area contributed by atoms with Gasteiger partial charge in [-0.2, -0.15) is 9.78 Å². The number of carbonyl (C=O) groups excluding carboxylic acids is 1. The van der Waals surface area contributed by atoms with Gasteiger partial charge in [-0.15, -0.1) is 0 Å². The molecule has 3 aromatic rings. The van der Waals surface area contributed by atoms with E-state index in [1.54, 1.807) is 43.3 Å². The molecule has 24 heavy (non-hydrogen) atoms. The number of benzene rings is 2. The van der Waals surface area contributed by atoms with Crippen molar-refractivity contribution in [3.63, 3.8) is 0 Å². The third-order valence-corrected chi connectivity index (χ3v) is 3.46. The molecular formula is C18H14FN3O2. The number of carbonyl (C=O) groups is 1. The van der Waals surface area contributed by atoms with Crippen LogP contribution in [0.2, 0.25) is 0 Å². The van der Waals surface area contributed by atoms with Gasteiger partial charge in [0.2, 0.25) is 0 Å². The van der Waals surface area contributed by atoms with Crippen molar-refractivity contribution in [2.45, 2.75) is 6.92 Å². The molecule has 5 nitrogen and oxygen atoms in total. The van der Waals surface area contributed by atoms with E-state index in [1.807, 2.05) is 6.07 Å². The van der Waals surface area contributed by atoms with E-state index in [4.69, 9.17) is 0 Å². The first-order chi connectivity index (χ1) is 11.5. The molecule has 1 N–H and O–H groups in total. The highest BCUT2D eigenvalue weighted by molar-refractivity contribution is 6.02. The summed E-state index contributed by atoms with van der Waals surface area (Å²) < 4.78 is 14.7. The van der Waals surface area contributed by atoms with Crippen molar-refractivity contribution in [1.29, 1.82) is 0 Å². The smallest absolute Gasteiger partial charge is 0.276 e. The molecule has 0 fully saturated rings. The van der Waals surface area contributed by atoms with Gasteiger partial charge in [0.1, 0.15) is 11.5 Å². The predicted octanol–water partition coefficient (Wildman–Crippen LogP) is 2.93. The van der Waals surface area contributed by atoms with Crippen LogP contribution >= 0.6 is 0 Å². The Morgan fingerprint density at radius 2 is 1.83 bits per heavy atom. The Balaban J connectivity index is 1.90. The molecule has 0 aliphatic rings. The van der Waals surface area contributed by atoms with Gasteiger partial charge in [-0.05, 0) is 42.8 Å². The van der Waals surface area contributed by atoms with Crippen LogP contribution in [0.3, 0.4) is 0 Å². The monoisotopic (exact) mass is 323 g/mol. The minimum atomic E-state index is -0.525. The minimum Gasteiger partial charge on any atom is -0.320 e. The van der Waals surface area contributed by atoms with Gasteiger partial charge >= 0.3 is 0 Å². The maximum absolute atomic E-state index is 13.6. The Morgan fingerprint density at radius 3 is 2.54 bits per heavy atom. The lowest BCUT2D eigenvalue weighted by molar-refractivity contribution is 0.102. The summed E-state index contributed by atoms with van der Waals surface area (Å²) >= 11 is 0. The second-order valence-corrected chi connectivity index (χ2v) is 5.22. The Kier molecular flexibility index (Phi) is 4.20. The van der Waals surface area contributed by atoms with Gasteiger partial charge in [-0.25, -0.2) is 4.39 Å². The first-order valence-electron chi connectivity index (χ1n) is 7.28. The van der Waals surface area contributed by atoms with Crippen LogP contribution in [0.25, 0.3) is 5.69 Å². The summed E-state index contributed by atoms with van der Waals surface area (Å²) in [5.74, 6) is -0.932. The molecule has 1 heterocycles. The molecule has 3 rings (SSSR count). The van der Waals surface area contributed by atoms with Crippen LogP contribution in [0.1, 0.15) is 16.1 Å². The molecule has 120 valence electrons. The van der Waals surface area contributed by atoms with Crippen LogP contribution in [0.5, 0.6) is 0 Å². The molecule has 0 unspecified atom stereocenters. The number of hydrogen-bond donors (Lipinski definition) is 1. The maximum atomic E-state index is 13.6. The standard InChI is InChI=1S/C18H14FN3O2/c1-12-7-8-13(11-15(12)19)20-18(24)16-9-10-17(23)22(21-16)14-5-3-2-4-6-14/h2-11H,1H3,(H,20,24). The summed E-state index contributed by atoms with van der Waals surface area (Å²) in [5.41, 5.74) is 1.07. The average Bonchev–Trinajstić information content (AvgIpc) is 2.59. The number of nitrogens with one attached hydrogen (secondary N) is 1. The highest BCUT2D eigenvalue weighted by atomic mass is 19.1. The average molecular weight is 323 g/mol. The Bertz CT molecular complexity index is 952. The SMILES string of the molecule is Cc1ccc(NC(=O)c2ccc(=O)n(-c3ccccc3)n2)cc1F. The Hall–Kier alpha value is -3.28. The van der Waals surface area contributed by atoms with Crippen molar-refractivity contribution < 1.29 is 9.18 Å². The van der Waals surface area contributed by atoms with Gasteiger partial charge < -0.3 is 5.32 Å². The fourth-order valence-electron chi connectivity index (χ4n) is 2.15. The van der Waals surface area contributed by atoms with E-state index in [0.717, 1.165) is 4.68 Å². The number of hydrogen-bond acceptors (Lipinski definition) is 3. The third-order valence-electron chi connectivity index (χ3n) is 3.46. The summed E-state index contributed by atoms with van der Waals surface area (Å²) in [6.45, 7) is 1.64. The van der Waals surface area contributed by atoms with Crippen molar-refractivity contribution in [2.75, 3.05) is 5.32 Å². The van der Waals surface area contributed by atoms with E-state index in [-0.39, 0.29) is 11.3 Å². The maximum Gasteiger partial charge on any atom is 0.276 e. The zero-order valence-electron chi connectivity index (χ0n) is 12.9. The number of aromatic nitrogens is 2. The second-order valence-electron chi connectivity index (χ2n) is 5.22. The molecule has 0 bridgehead atoms. The predicted molar refractivity (Wildman–Crippen MR) is 88.9 cm³/mol. The Labute approximate surface area is 137 Å².